The molecule has 0 amide bonds. The van der Waals surface area contributed by atoms with Crippen LogP contribution < -0.4 is 14.5 Å². The fourth-order valence-corrected chi connectivity index (χ4v) is 9.66. The third kappa shape index (κ3) is 5.04. The van der Waals surface area contributed by atoms with Gasteiger partial charge in [-0.1, -0.05) is 91.0 Å². The summed E-state index contributed by atoms with van der Waals surface area (Å²) in [6.45, 7) is 0. The summed E-state index contributed by atoms with van der Waals surface area (Å²) < 4.78 is 6.96. The summed E-state index contributed by atoms with van der Waals surface area (Å²) in [7, 11) is 0. The minimum Gasteiger partial charge on any atom is -0.457 e. The highest BCUT2D eigenvalue weighted by Gasteiger charge is 2.52. The van der Waals surface area contributed by atoms with Crippen molar-refractivity contribution in [1.82, 2.24) is 15.0 Å². The van der Waals surface area contributed by atoms with E-state index in [1.165, 1.54) is 22.3 Å². The first-order valence-electron chi connectivity index (χ1n) is 20.2. The molecular weight excluding hydrogens is 735 g/mol. The quantitative estimate of drug-likeness (QED) is 0.168. The molecule has 0 bridgehead atoms. The summed E-state index contributed by atoms with van der Waals surface area (Å²) in [5.41, 5.74) is 13.0. The lowest BCUT2D eigenvalue weighted by Gasteiger charge is -2.40. The molecule has 7 aromatic carbocycles. The summed E-state index contributed by atoms with van der Waals surface area (Å²) in [4.78, 5) is 18.7. The molecule has 0 saturated carbocycles. The number of benzene rings is 7. The molecule has 1 aliphatic carbocycles. The number of ether oxygens (including phenoxy) is 1. The van der Waals surface area contributed by atoms with Crippen LogP contribution in [0.25, 0.3) is 32.8 Å². The van der Waals surface area contributed by atoms with Crippen molar-refractivity contribution in [3.05, 3.63) is 235 Å². The molecule has 1 aliphatic heterocycles. The van der Waals surface area contributed by atoms with Gasteiger partial charge in [0.15, 0.2) is 0 Å². The molecule has 6 heteroatoms. The van der Waals surface area contributed by atoms with Gasteiger partial charge in [0.1, 0.15) is 11.5 Å². The molecule has 0 N–H and O–H groups in total. The topological polar surface area (TPSA) is 54.4 Å². The van der Waals surface area contributed by atoms with E-state index in [0.29, 0.717) is 0 Å². The standard InChI is InChI=1S/C54H35N5O/c1-3-15-37(16-4-1)58(40-19-12-27-55-34-40)39-25-26-44-46(31-39)54(45-23-9-10-24-51(45)60-52-30-36-14-11-29-57-49(36)32-47(52)54)48-33-50(42-21-7-8-22-43(42)53(44)48)59(38-17-5-2-6-18-38)41-20-13-28-56-35-41/h1-35H. The summed E-state index contributed by atoms with van der Waals surface area (Å²) >= 11 is 0. The Hall–Kier alpha value is -8.09. The summed E-state index contributed by atoms with van der Waals surface area (Å²) in [6, 6.07) is 64.7. The smallest absolute Gasteiger partial charge is 0.132 e. The Bertz CT molecular complexity index is 3170. The van der Waals surface area contributed by atoms with Crippen molar-refractivity contribution in [2.24, 2.45) is 0 Å². The van der Waals surface area contributed by atoms with Crippen LogP contribution in [0.5, 0.6) is 11.5 Å². The first-order valence-corrected chi connectivity index (χ1v) is 20.2. The number of rotatable bonds is 6. The second-order valence-corrected chi connectivity index (χ2v) is 15.3. The van der Waals surface area contributed by atoms with Gasteiger partial charge in [0, 0.05) is 57.6 Å². The Morgan fingerprint density at radius 2 is 1.07 bits per heavy atom. The van der Waals surface area contributed by atoms with Gasteiger partial charge >= 0.3 is 0 Å². The van der Waals surface area contributed by atoms with Crippen LogP contribution in [0.4, 0.5) is 34.1 Å². The number of aromatic nitrogens is 3. The van der Waals surface area contributed by atoms with Crippen molar-refractivity contribution < 1.29 is 4.74 Å². The molecule has 6 nitrogen and oxygen atoms in total. The lowest BCUT2D eigenvalue weighted by molar-refractivity contribution is 0.437. The highest BCUT2D eigenvalue weighted by atomic mass is 16.5. The number of hydrogen-bond donors (Lipinski definition) is 0. The summed E-state index contributed by atoms with van der Waals surface area (Å²) in [6.07, 6.45) is 9.39. The van der Waals surface area contributed by atoms with Crippen molar-refractivity contribution in [2.75, 3.05) is 9.80 Å². The Balaban J connectivity index is 1.24. The van der Waals surface area contributed by atoms with Gasteiger partial charge in [-0.05, 0) is 119 Å². The molecule has 0 fully saturated rings. The van der Waals surface area contributed by atoms with E-state index < -0.39 is 5.41 Å². The number of para-hydroxylation sites is 3. The predicted molar refractivity (Wildman–Crippen MR) is 242 cm³/mol. The van der Waals surface area contributed by atoms with Gasteiger partial charge in [0.2, 0.25) is 0 Å². The van der Waals surface area contributed by atoms with Crippen molar-refractivity contribution >= 4 is 55.8 Å². The van der Waals surface area contributed by atoms with Gasteiger partial charge in [-0.3, -0.25) is 15.0 Å². The number of fused-ring (bicyclic) bond motifs is 12. The van der Waals surface area contributed by atoms with E-state index in [-0.39, 0.29) is 0 Å². The van der Waals surface area contributed by atoms with E-state index in [2.05, 4.69) is 184 Å². The lowest BCUT2D eigenvalue weighted by atomic mass is 9.65. The maximum absolute atomic E-state index is 6.96. The van der Waals surface area contributed by atoms with Crippen molar-refractivity contribution in [3.8, 4) is 22.6 Å². The van der Waals surface area contributed by atoms with E-state index in [1.54, 1.807) is 0 Å². The SMILES string of the molecule is c1ccc(N(c2cccnc2)c2ccc3c(c2)C2(c4ccccc4Oc4cc5cccnc5cc42)c2cc(N(c4ccccc4)c4cccnc4)c4ccccc4c2-3)cc1. The van der Waals surface area contributed by atoms with Crippen LogP contribution in [0, 0.1) is 0 Å². The molecule has 282 valence electrons. The average molecular weight is 770 g/mol. The Labute approximate surface area is 347 Å². The van der Waals surface area contributed by atoms with Crippen LogP contribution in [-0.4, -0.2) is 15.0 Å². The Morgan fingerprint density at radius 1 is 0.417 bits per heavy atom. The maximum atomic E-state index is 6.96. The van der Waals surface area contributed by atoms with E-state index in [4.69, 9.17) is 9.72 Å². The highest BCUT2D eigenvalue weighted by Crippen LogP contribution is 2.65. The number of pyridine rings is 3. The third-order valence-corrected chi connectivity index (χ3v) is 12.1. The predicted octanol–water partition coefficient (Wildman–Crippen LogP) is 13.6. The maximum Gasteiger partial charge on any atom is 0.132 e. The molecule has 0 saturated heterocycles. The van der Waals surface area contributed by atoms with Crippen LogP contribution in [0.2, 0.25) is 0 Å². The zero-order valence-corrected chi connectivity index (χ0v) is 32.4. The Morgan fingerprint density at radius 3 is 1.82 bits per heavy atom. The molecule has 12 rings (SSSR count). The van der Waals surface area contributed by atoms with E-state index >= 15 is 0 Å². The highest BCUT2D eigenvalue weighted by molar-refractivity contribution is 6.11. The number of hydrogen-bond acceptors (Lipinski definition) is 6. The van der Waals surface area contributed by atoms with Gasteiger partial charge in [-0.25, -0.2) is 0 Å². The number of anilines is 6. The van der Waals surface area contributed by atoms with E-state index in [9.17, 15) is 0 Å². The van der Waals surface area contributed by atoms with Gasteiger partial charge in [-0.15, -0.1) is 0 Å². The third-order valence-electron chi connectivity index (χ3n) is 12.1. The van der Waals surface area contributed by atoms with Crippen LogP contribution in [0.1, 0.15) is 22.3 Å². The second-order valence-electron chi connectivity index (χ2n) is 15.3. The molecular formula is C54H35N5O. The van der Waals surface area contributed by atoms with Gasteiger partial charge in [0.05, 0.1) is 40.4 Å². The Kier molecular flexibility index (Phi) is 7.65. The normalized spacial score (nSPS) is 14.5. The van der Waals surface area contributed by atoms with Gasteiger partial charge < -0.3 is 14.5 Å². The van der Waals surface area contributed by atoms with Gasteiger partial charge in [0.25, 0.3) is 0 Å². The van der Waals surface area contributed by atoms with Crippen LogP contribution in [0.3, 0.4) is 0 Å². The first kappa shape index (κ1) is 34.0. The van der Waals surface area contributed by atoms with Gasteiger partial charge in [-0.2, -0.15) is 0 Å². The molecule has 1 atom stereocenters. The average Bonchev–Trinajstić information content (AvgIpc) is 3.60. The zero-order chi connectivity index (χ0) is 39.6. The molecule has 1 unspecified atom stereocenters. The summed E-state index contributed by atoms with van der Waals surface area (Å²) in [5.74, 6) is 1.64. The van der Waals surface area contributed by atoms with Crippen molar-refractivity contribution in [3.63, 3.8) is 0 Å². The fourth-order valence-electron chi connectivity index (χ4n) is 9.66. The molecule has 4 heterocycles. The zero-order valence-electron chi connectivity index (χ0n) is 32.4. The fraction of sp³-hybridized carbons (Fsp3) is 0.0185. The molecule has 3 aromatic heterocycles. The molecule has 0 radical (unpaired) electrons. The minimum atomic E-state index is -0.816. The molecule has 60 heavy (non-hydrogen) atoms. The largest absolute Gasteiger partial charge is 0.457 e. The minimum absolute atomic E-state index is 0.812. The van der Waals surface area contributed by atoms with Crippen LogP contribution in [-0.2, 0) is 5.41 Å². The van der Waals surface area contributed by atoms with Crippen molar-refractivity contribution in [1.29, 1.82) is 0 Å². The van der Waals surface area contributed by atoms with Crippen molar-refractivity contribution in [2.45, 2.75) is 5.41 Å². The molecule has 10 aromatic rings. The first-order chi connectivity index (χ1) is 29.8. The molecule has 1 spiro atoms. The lowest BCUT2D eigenvalue weighted by Crippen LogP contribution is -2.32. The second kappa shape index (κ2) is 13.5. The monoisotopic (exact) mass is 769 g/mol. The van der Waals surface area contributed by atoms with Crippen LogP contribution in [0.15, 0.2) is 213 Å². The molecule has 2 aliphatic rings. The summed E-state index contributed by atoms with van der Waals surface area (Å²) in [5, 5.41) is 3.33. The number of nitrogens with zero attached hydrogens (tertiary/aromatic N) is 5. The van der Waals surface area contributed by atoms with E-state index in [0.717, 1.165) is 78.4 Å². The van der Waals surface area contributed by atoms with Crippen LogP contribution >= 0.6 is 0 Å². The van der Waals surface area contributed by atoms with E-state index in [1.807, 2.05) is 49.2 Å².